The van der Waals surface area contributed by atoms with Crippen molar-refractivity contribution in [3.8, 4) is 0 Å². The molecule has 1 amide bonds. The number of methoxy groups -OCH3 is 1. The second-order valence-corrected chi connectivity index (χ2v) is 2.29. The molecule has 0 aromatic carbocycles. The summed E-state index contributed by atoms with van der Waals surface area (Å²) in [5.74, 6) is 0. The second-order valence-electron chi connectivity index (χ2n) is 2.29. The van der Waals surface area contributed by atoms with Crippen molar-refractivity contribution in [2.45, 2.75) is 6.18 Å². The van der Waals surface area contributed by atoms with Crippen LogP contribution >= 0.6 is 0 Å². The smallest absolute Gasteiger partial charge is 0.422 e. The first kappa shape index (κ1) is 12.0. The molecule has 0 aliphatic carbocycles. The maximum Gasteiger partial charge on any atom is 0.422 e. The van der Waals surface area contributed by atoms with Crippen LogP contribution in [0.1, 0.15) is 0 Å². The van der Waals surface area contributed by atoms with E-state index in [-0.39, 0.29) is 6.73 Å². The molecule has 0 rings (SSSR count). The van der Waals surface area contributed by atoms with E-state index in [1.165, 1.54) is 14.2 Å². The number of carbonyl (C=O) groups is 1. The van der Waals surface area contributed by atoms with Gasteiger partial charge in [0.2, 0.25) is 0 Å². The Bertz CT molecular complexity index is 171. The van der Waals surface area contributed by atoms with Crippen molar-refractivity contribution in [3.05, 3.63) is 0 Å². The number of hydrogen-bond donors (Lipinski definition) is 0. The normalized spacial score (nSPS) is 11.2. The summed E-state index contributed by atoms with van der Waals surface area (Å²) in [4.78, 5) is 11.6. The fraction of sp³-hybridized carbons (Fsp3) is 0.833. The van der Waals surface area contributed by atoms with Crippen LogP contribution in [0.2, 0.25) is 0 Å². The number of alkyl halides is 3. The zero-order valence-corrected chi connectivity index (χ0v) is 7.22. The van der Waals surface area contributed by atoms with Crippen LogP contribution in [0.25, 0.3) is 0 Å². The van der Waals surface area contributed by atoms with E-state index in [0.717, 1.165) is 4.90 Å². The van der Waals surface area contributed by atoms with Gasteiger partial charge in [-0.3, -0.25) is 4.90 Å². The zero-order valence-electron chi connectivity index (χ0n) is 7.22. The first-order chi connectivity index (χ1) is 5.87. The number of carbonyl (C=O) groups excluding carboxylic acids is 1. The molecule has 0 aliphatic heterocycles. The SMILES string of the molecule is COCN(C)C(=O)OCC(F)(F)F. The number of ether oxygens (including phenoxy) is 2. The molecule has 0 aromatic heterocycles. The zero-order chi connectivity index (χ0) is 10.5. The molecule has 7 heteroatoms. The molecule has 0 heterocycles. The van der Waals surface area contributed by atoms with Gasteiger partial charge in [-0.15, -0.1) is 0 Å². The highest BCUT2D eigenvalue weighted by atomic mass is 19.4. The molecule has 0 spiro atoms. The van der Waals surface area contributed by atoms with Gasteiger partial charge in [0.1, 0.15) is 6.73 Å². The van der Waals surface area contributed by atoms with Gasteiger partial charge in [-0.05, 0) is 0 Å². The van der Waals surface area contributed by atoms with E-state index in [9.17, 15) is 18.0 Å². The van der Waals surface area contributed by atoms with E-state index in [1.807, 2.05) is 0 Å². The van der Waals surface area contributed by atoms with Gasteiger partial charge in [0.25, 0.3) is 0 Å². The lowest BCUT2D eigenvalue weighted by molar-refractivity contribution is -0.163. The number of halogens is 3. The minimum absolute atomic E-state index is 0.114. The first-order valence-corrected chi connectivity index (χ1v) is 3.30. The molecule has 0 aliphatic rings. The number of nitrogens with zero attached hydrogens (tertiary/aromatic N) is 1. The molecular formula is C6H10F3NO3. The Labute approximate surface area is 73.2 Å². The van der Waals surface area contributed by atoms with Gasteiger partial charge >= 0.3 is 12.3 Å². The van der Waals surface area contributed by atoms with E-state index < -0.39 is 18.9 Å². The fourth-order valence-electron chi connectivity index (χ4n) is 0.500. The predicted octanol–water partition coefficient (Wildman–Crippen LogP) is 1.22. The maximum atomic E-state index is 11.5. The third-order valence-corrected chi connectivity index (χ3v) is 0.994. The Hall–Kier alpha value is -0.980. The minimum Gasteiger partial charge on any atom is -0.440 e. The van der Waals surface area contributed by atoms with E-state index >= 15 is 0 Å². The van der Waals surface area contributed by atoms with Crippen molar-refractivity contribution in [3.63, 3.8) is 0 Å². The van der Waals surface area contributed by atoms with Crippen LogP contribution < -0.4 is 0 Å². The monoisotopic (exact) mass is 201 g/mol. The summed E-state index contributed by atoms with van der Waals surface area (Å²) in [6.45, 7) is -1.70. The molecule has 0 fully saturated rings. The highest BCUT2D eigenvalue weighted by Crippen LogP contribution is 2.14. The summed E-state index contributed by atoms with van der Waals surface area (Å²) >= 11 is 0. The van der Waals surface area contributed by atoms with Gasteiger partial charge in [-0.25, -0.2) is 4.79 Å². The standard InChI is InChI=1S/C6H10F3NO3/c1-10(4-12-2)5(11)13-3-6(7,8)9/h3-4H2,1-2H3. The van der Waals surface area contributed by atoms with Crippen molar-refractivity contribution in [1.29, 1.82) is 0 Å². The summed E-state index contributed by atoms with van der Waals surface area (Å²) in [7, 11) is 2.58. The quantitative estimate of drug-likeness (QED) is 0.644. The summed E-state index contributed by atoms with van der Waals surface area (Å²) in [6.07, 6.45) is -5.57. The van der Waals surface area contributed by atoms with Crippen LogP contribution in [-0.2, 0) is 9.47 Å². The van der Waals surface area contributed by atoms with Crippen molar-refractivity contribution in [2.75, 3.05) is 27.5 Å². The summed E-state index contributed by atoms with van der Waals surface area (Å²) in [5, 5.41) is 0. The summed E-state index contributed by atoms with van der Waals surface area (Å²) < 4.78 is 43.0. The first-order valence-electron chi connectivity index (χ1n) is 3.30. The van der Waals surface area contributed by atoms with Crippen LogP contribution in [0.15, 0.2) is 0 Å². The molecule has 4 nitrogen and oxygen atoms in total. The molecule has 0 saturated heterocycles. The van der Waals surface area contributed by atoms with E-state index in [4.69, 9.17) is 0 Å². The lowest BCUT2D eigenvalue weighted by Gasteiger charge is -2.16. The van der Waals surface area contributed by atoms with E-state index in [1.54, 1.807) is 0 Å². The van der Waals surface area contributed by atoms with Gasteiger partial charge in [0.05, 0.1) is 0 Å². The molecule has 13 heavy (non-hydrogen) atoms. The predicted molar refractivity (Wildman–Crippen MR) is 37.0 cm³/mol. The van der Waals surface area contributed by atoms with Gasteiger partial charge in [0.15, 0.2) is 6.61 Å². The molecule has 78 valence electrons. The minimum atomic E-state index is -4.50. The lowest BCUT2D eigenvalue weighted by atomic mass is 10.7. The number of amides is 1. The summed E-state index contributed by atoms with van der Waals surface area (Å²) in [6, 6.07) is 0. The molecule has 0 bridgehead atoms. The van der Waals surface area contributed by atoms with E-state index in [2.05, 4.69) is 9.47 Å². The largest absolute Gasteiger partial charge is 0.440 e. The number of hydrogen-bond acceptors (Lipinski definition) is 3. The molecule has 0 saturated carbocycles. The second kappa shape index (κ2) is 4.90. The Balaban J connectivity index is 3.74. The van der Waals surface area contributed by atoms with Crippen LogP contribution in [0.5, 0.6) is 0 Å². The van der Waals surface area contributed by atoms with E-state index in [0.29, 0.717) is 0 Å². The highest BCUT2D eigenvalue weighted by Gasteiger charge is 2.30. The topological polar surface area (TPSA) is 38.8 Å². The number of rotatable bonds is 3. The van der Waals surface area contributed by atoms with Crippen molar-refractivity contribution >= 4 is 6.09 Å². The molecule has 0 atom stereocenters. The van der Waals surface area contributed by atoms with Gasteiger partial charge < -0.3 is 9.47 Å². The highest BCUT2D eigenvalue weighted by molar-refractivity contribution is 5.66. The van der Waals surface area contributed by atoms with Gasteiger partial charge in [0, 0.05) is 14.2 Å². The van der Waals surface area contributed by atoms with Crippen molar-refractivity contribution < 1.29 is 27.4 Å². The average Bonchev–Trinajstić information content (AvgIpc) is 1.99. The third kappa shape index (κ3) is 6.21. The molecule has 0 unspecified atom stereocenters. The summed E-state index contributed by atoms with van der Waals surface area (Å²) in [5.41, 5.74) is 0. The Kier molecular flexibility index (Phi) is 4.53. The Morgan fingerprint density at radius 2 is 2.00 bits per heavy atom. The molecular weight excluding hydrogens is 191 g/mol. The Morgan fingerprint density at radius 1 is 1.46 bits per heavy atom. The maximum absolute atomic E-state index is 11.5. The van der Waals surface area contributed by atoms with Crippen molar-refractivity contribution in [1.82, 2.24) is 4.90 Å². The Morgan fingerprint density at radius 3 is 2.38 bits per heavy atom. The van der Waals surface area contributed by atoms with Gasteiger partial charge in [-0.2, -0.15) is 13.2 Å². The third-order valence-electron chi connectivity index (χ3n) is 0.994. The molecule has 0 aromatic rings. The average molecular weight is 201 g/mol. The van der Waals surface area contributed by atoms with Crippen LogP contribution in [0.4, 0.5) is 18.0 Å². The van der Waals surface area contributed by atoms with Crippen LogP contribution in [0.3, 0.4) is 0 Å². The molecule has 0 N–H and O–H groups in total. The van der Waals surface area contributed by atoms with Crippen LogP contribution in [-0.4, -0.2) is 44.7 Å². The van der Waals surface area contributed by atoms with Crippen LogP contribution in [0, 0.1) is 0 Å². The lowest BCUT2D eigenvalue weighted by Crippen LogP contribution is -2.32. The molecule has 0 radical (unpaired) electrons. The fourth-order valence-corrected chi connectivity index (χ4v) is 0.500. The van der Waals surface area contributed by atoms with Crippen molar-refractivity contribution in [2.24, 2.45) is 0 Å². The van der Waals surface area contributed by atoms with Gasteiger partial charge in [-0.1, -0.05) is 0 Å².